The predicted octanol–water partition coefficient (Wildman–Crippen LogP) is 2.86. The van der Waals surface area contributed by atoms with E-state index in [1.807, 2.05) is 31.2 Å². The Balaban J connectivity index is 2.50. The van der Waals surface area contributed by atoms with Crippen LogP contribution in [0.5, 0.6) is 0 Å². The summed E-state index contributed by atoms with van der Waals surface area (Å²) in [6.07, 6.45) is 1.20. The lowest BCUT2D eigenvalue weighted by molar-refractivity contribution is -0.121. The average molecular weight is 283 g/mol. The van der Waals surface area contributed by atoms with Crippen LogP contribution in [0.15, 0.2) is 24.3 Å². The number of hydrogen-bond acceptors (Lipinski definition) is 2. The average Bonchev–Trinajstić information content (AvgIpc) is 2.34. The van der Waals surface area contributed by atoms with E-state index < -0.39 is 0 Å². The van der Waals surface area contributed by atoms with Gasteiger partial charge in [0.05, 0.1) is 0 Å². The van der Waals surface area contributed by atoms with Gasteiger partial charge in [0.25, 0.3) is 0 Å². The minimum Gasteiger partial charge on any atom is -0.355 e. The topological polar surface area (TPSA) is 55.1 Å². The Labute approximate surface area is 120 Å². The Morgan fingerprint density at radius 3 is 2.47 bits per heavy atom. The minimum atomic E-state index is -0.116. The molecule has 0 radical (unpaired) electrons. The monoisotopic (exact) mass is 282 g/mol. The maximum absolute atomic E-state index is 11.7. The van der Waals surface area contributed by atoms with Crippen molar-refractivity contribution in [1.29, 1.82) is 0 Å². The lowest BCUT2D eigenvalue weighted by Gasteiger charge is -2.25. The second-order valence-corrected chi connectivity index (χ2v) is 6.12. The zero-order valence-corrected chi connectivity index (χ0v) is 12.6. The van der Waals surface area contributed by atoms with Crippen LogP contribution in [0, 0.1) is 0 Å². The third-order valence-electron chi connectivity index (χ3n) is 3.18. The summed E-state index contributed by atoms with van der Waals surface area (Å²) in [6.45, 7) is 6.71. The lowest BCUT2D eigenvalue weighted by atomic mass is 9.84. The van der Waals surface area contributed by atoms with Crippen LogP contribution >= 0.6 is 11.6 Å². The second-order valence-electron chi connectivity index (χ2n) is 5.68. The summed E-state index contributed by atoms with van der Waals surface area (Å²) >= 11 is 5.88. The minimum absolute atomic E-state index is 0.0549. The first-order chi connectivity index (χ1) is 8.81. The number of rotatable bonds is 6. The van der Waals surface area contributed by atoms with E-state index >= 15 is 0 Å². The van der Waals surface area contributed by atoms with Gasteiger partial charge < -0.3 is 11.1 Å². The fraction of sp³-hybridized carbons (Fsp3) is 0.533. The first-order valence-electron chi connectivity index (χ1n) is 6.59. The van der Waals surface area contributed by atoms with Crippen molar-refractivity contribution in [2.24, 2.45) is 5.73 Å². The molecule has 1 rings (SSSR count). The molecular formula is C15H23ClN2O. The predicted molar refractivity (Wildman–Crippen MR) is 80.4 cm³/mol. The molecule has 106 valence electrons. The van der Waals surface area contributed by atoms with E-state index in [1.165, 1.54) is 0 Å². The number of carbonyl (C=O) groups excluding carboxylic acids is 1. The van der Waals surface area contributed by atoms with Crippen molar-refractivity contribution >= 4 is 17.5 Å². The highest BCUT2D eigenvalue weighted by Gasteiger charge is 2.21. The van der Waals surface area contributed by atoms with Gasteiger partial charge in [-0.1, -0.05) is 37.6 Å². The summed E-state index contributed by atoms with van der Waals surface area (Å²) in [6, 6.07) is 7.80. The third-order valence-corrected chi connectivity index (χ3v) is 3.43. The zero-order valence-electron chi connectivity index (χ0n) is 11.9. The Hall–Kier alpha value is -1.06. The van der Waals surface area contributed by atoms with E-state index in [1.54, 1.807) is 0 Å². The molecule has 4 heteroatoms. The lowest BCUT2D eigenvalue weighted by Crippen LogP contribution is -2.37. The van der Waals surface area contributed by atoms with Crippen LogP contribution in [0.2, 0.25) is 5.02 Å². The summed E-state index contributed by atoms with van der Waals surface area (Å²) in [7, 11) is 0. The van der Waals surface area contributed by atoms with Crippen LogP contribution in [-0.2, 0) is 10.2 Å². The molecule has 3 N–H and O–H groups in total. The molecule has 0 saturated carbocycles. The van der Waals surface area contributed by atoms with Crippen LogP contribution in [0.25, 0.3) is 0 Å². The standard InChI is InChI=1S/C15H23ClN2O/c1-11(17)4-9-14(19)18-10-15(2,3)12-5-7-13(16)8-6-12/h5-8,11H,4,9-10,17H2,1-3H3,(H,18,19). The van der Waals surface area contributed by atoms with Gasteiger partial charge in [0.1, 0.15) is 0 Å². The molecule has 0 aromatic heterocycles. The molecule has 19 heavy (non-hydrogen) atoms. The molecule has 1 unspecified atom stereocenters. The Bertz CT molecular complexity index is 413. The molecule has 0 aliphatic carbocycles. The highest BCUT2D eigenvalue weighted by Crippen LogP contribution is 2.23. The van der Waals surface area contributed by atoms with E-state index in [9.17, 15) is 4.79 Å². The maximum atomic E-state index is 11.7. The van der Waals surface area contributed by atoms with Gasteiger partial charge in [-0.05, 0) is 31.0 Å². The van der Waals surface area contributed by atoms with E-state index in [4.69, 9.17) is 17.3 Å². The fourth-order valence-electron chi connectivity index (χ4n) is 1.77. The van der Waals surface area contributed by atoms with Crippen LogP contribution < -0.4 is 11.1 Å². The van der Waals surface area contributed by atoms with Crippen molar-refractivity contribution in [3.63, 3.8) is 0 Å². The van der Waals surface area contributed by atoms with Crippen molar-refractivity contribution in [1.82, 2.24) is 5.32 Å². The number of hydrogen-bond donors (Lipinski definition) is 2. The summed E-state index contributed by atoms with van der Waals surface area (Å²) in [5.41, 5.74) is 6.68. The largest absolute Gasteiger partial charge is 0.355 e. The van der Waals surface area contributed by atoms with Gasteiger partial charge in [-0.2, -0.15) is 0 Å². The van der Waals surface area contributed by atoms with E-state index in [2.05, 4.69) is 19.2 Å². The van der Waals surface area contributed by atoms with Crippen LogP contribution in [0.4, 0.5) is 0 Å². The maximum Gasteiger partial charge on any atom is 0.220 e. The quantitative estimate of drug-likeness (QED) is 0.843. The Kier molecular flexibility index (Phi) is 5.83. The molecule has 0 saturated heterocycles. The van der Waals surface area contributed by atoms with Gasteiger partial charge in [-0.3, -0.25) is 4.79 Å². The van der Waals surface area contributed by atoms with E-state index in [0.29, 0.717) is 19.4 Å². The number of carbonyl (C=O) groups is 1. The van der Waals surface area contributed by atoms with Gasteiger partial charge in [0.2, 0.25) is 5.91 Å². The summed E-state index contributed by atoms with van der Waals surface area (Å²) in [5, 5.41) is 3.69. The number of amides is 1. The van der Waals surface area contributed by atoms with Crippen LogP contribution in [-0.4, -0.2) is 18.5 Å². The van der Waals surface area contributed by atoms with Gasteiger partial charge in [-0.15, -0.1) is 0 Å². The van der Waals surface area contributed by atoms with Crippen LogP contribution in [0.1, 0.15) is 39.2 Å². The molecule has 0 aliphatic rings. The van der Waals surface area contributed by atoms with Gasteiger partial charge in [0, 0.05) is 29.4 Å². The zero-order chi connectivity index (χ0) is 14.5. The van der Waals surface area contributed by atoms with Gasteiger partial charge in [0.15, 0.2) is 0 Å². The summed E-state index contributed by atoms with van der Waals surface area (Å²) in [4.78, 5) is 11.7. The molecule has 3 nitrogen and oxygen atoms in total. The molecule has 0 spiro atoms. The van der Waals surface area contributed by atoms with Gasteiger partial charge in [-0.25, -0.2) is 0 Å². The first-order valence-corrected chi connectivity index (χ1v) is 6.97. The Morgan fingerprint density at radius 2 is 1.95 bits per heavy atom. The highest BCUT2D eigenvalue weighted by atomic mass is 35.5. The Morgan fingerprint density at radius 1 is 1.37 bits per heavy atom. The second kappa shape index (κ2) is 6.92. The number of nitrogens with two attached hydrogens (primary N) is 1. The number of halogens is 1. The molecule has 0 fully saturated rings. The molecular weight excluding hydrogens is 260 g/mol. The SMILES string of the molecule is CC(N)CCC(=O)NCC(C)(C)c1ccc(Cl)cc1. The molecule has 1 aromatic rings. The molecule has 1 amide bonds. The molecule has 1 aromatic carbocycles. The van der Waals surface area contributed by atoms with Crippen molar-refractivity contribution in [3.8, 4) is 0 Å². The summed E-state index contributed by atoms with van der Waals surface area (Å²) in [5.74, 6) is 0.0549. The van der Waals surface area contributed by atoms with Crippen molar-refractivity contribution in [2.45, 2.75) is 45.1 Å². The number of nitrogens with one attached hydrogen (secondary N) is 1. The van der Waals surface area contributed by atoms with Gasteiger partial charge >= 0.3 is 0 Å². The van der Waals surface area contributed by atoms with Crippen molar-refractivity contribution < 1.29 is 4.79 Å². The smallest absolute Gasteiger partial charge is 0.220 e. The summed E-state index contributed by atoms with van der Waals surface area (Å²) < 4.78 is 0. The van der Waals surface area contributed by atoms with E-state index in [-0.39, 0.29) is 17.4 Å². The third kappa shape index (κ3) is 5.62. The van der Waals surface area contributed by atoms with E-state index in [0.717, 1.165) is 10.6 Å². The molecule has 0 aliphatic heterocycles. The number of benzene rings is 1. The molecule has 0 heterocycles. The molecule has 1 atom stereocenters. The molecule has 0 bridgehead atoms. The van der Waals surface area contributed by atoms with Crippen molar-refractivity contribution in [3.05, 3.63) is 34.9 Å². The van der Waals surface area contributed by atoms with Crippen molar-refractivity contribution in [2.75, 3.05) is 6.54 Å². The highest BCUT2D eigenvalue weighted by molar-refractivity contribution is 6.30. The van der Waals surface area contributed by atoms with Crippen LogP contribution in [0.3, 0.4) is 0 Å². The first kappa shape index (κ1) is 16.0. The normalized spacial score (nSPS) is 13.1. The fourth-order valence-corrected chi connectivity index (χ4v) is 1.90.